The van der Waals surface area contributed by atoms with Crippen LogP contribution in [0, 0.1) is 5.82 Å². The third kappa shape index (κ3) is 7.18. The van der Waals surface area contributed by atoms with Crippen LogP contribution in [0.3, 0.4) is 0 Å². The maximum atomic E-state index is 13.5. The Bertz CT molecular complexity index is 1620. The van der Waals surface area contributed by atoms with E-state index in [0.717, 1.165) is 17.0 Å². The van der Waals surface area contributed by atoms with E-state index >= 15 is 0 Å². The minimum Gasteiger partial charge on any atom is -0.464 e. The molecule has 0 radical (unpaired) electrons. The minimum atomic E-state index is -4.71. The molecule has 3 aromatic carbocycles. The maximum absolute atomic E-state index is 13.5. The molecule has 4 aromatic rings. The summed E-state index contributed by atoms with van der Waals surface area (Å²) in [7, 11) is 0. The summed E-state index contributed by atoms with van der Waals surface area (Å²) in [6, 6.07) is 15.5. The molecular weight excluding hydrogens is 542 g/mol. The number of nitrogens with zero attached hydrogens (tertiary/aromatic N) is 2. The Hall–Kier alpha value is -4.93. The molecule has 11 heteroatoms. The average Bonchev–Trinajstić information content (AvgIpc) is 2.94. The van der Waals surface area contributed by atoms with Gasteiger partial charge < -0.3 is 19.5 Å². The van der Waals surface area contributed by atoms with Gasteiger partial charge in [-0.2, -0.15) is 13.2 Å². The molecule has 0 saturated heterocycles. The van der Waals surface area contributed by atoms with Crippen LogP contribution in [0.5, 0.6) is 0 Å². The van der Waals surface area contributed by atoms with Crippen LogP contribution < -0.4 is 10.7 Å². The molecule has 4 rings (SSSR count). The van der Waals surface area contributed by atoms with Crippen molar-refractivity contribution in [3.63, 3.8) is 0 Å². The van der Waals surface area contributed by atoms with Gasteiger partial charge in [-0.25, -0.2) is 9.18 Å². The first-order valence-corrected chi connectivity index (χ1v) is 12.4. The number of fused-ring (bicyclic) bond motifs is 1. The summed E-state index contributed by atoms with van der Waals surface area (Å²) in [6.07, 6.45) is -2.14. The first kappa shape index (κ1) is 29.1. The maximum Gasteiger partial charge on any atom is 0.418 e. The average molecular weight is 568 g/mol. The quantitative estimate of drug-likeness (QED) is 0.193. The highest BCUT2D eigenvalue weighted by atomic mass is 19.4. The molecule has 0 aliphatic rings. The van der Waals surface area contributed by atoms with E-state index in [9.17, 15) is 31.9 Å². The molecule has 0 bridgehead atoms. The Morgan fingerprint density at radius 3 is 2.32 bits per heavy atom. The Morgan fingerprint density at radius 1 is 0.927 bits per heavy atom. The zero-order chi connectivity index (χ0) is 29.6. The van der Waals surface area contributed by atoms with E-state index in [1.165, 1.54) is 53.6 Å². The topological polar surface area (TPSA) is 82.9 Å². The molecule has 0 spiro atoms. The van der Waals surface area contributed by atoms with Gasteiger partial charge in [0.15, 0.2) is 5.43 Å². The van der Waals surface area contributed by atoms with Crippen molar-refractivity contribution in [2.75, 3.05) is 18.4 Å². The number of nitrogens with one attached hydrogen (secondary N) is 1. The Morgan fingerprint density at radius 2 is 1.61 bits per heavy atom. The summed E-state index contributed by atoms with van der Waals surface area (Å²) in [5.74, 6) is -1.10. The zero-order valence-electron chi connectivity index (χ0n) is 21.7. The van der Waals surface area contributed by atoms with Crippen LogP contribution in [0.1, 0.15) is 16.7 Å². The lowest BCUT2D eigenvalue weighted by atomic mass is 10.1. The van der Waals surface area contributed by atoms with Crippen LogP contribution in [0.15, 0.2) is 101 Å². The summed E-state index contributed by atoms with van der Waals surface area (Å²) >= 11 is 0. The second kappa shape index (κ2) is 12.5. The minimum absolute atomic E-state index is 0.0498. The molecule has 0 atom stereocenters. The molecule has 1 aromatic heterocycles. The summed E-state index contributed by atoms with van der Waals surface area (Å²) in [4.78, 5) is 41.9. The first-order valence-electron chi connectivity index (χ1n) is 12.4. The highest BCUT2D eigenvalue weighted by molar-refractivity contribution is 5.93. The number of carbonyl (C=O) groups is 2. The van der Waals surface area contributed by atoms with Crippen LogP contribution >= 0.6 is 0 Å². The lowest BCUT2D eigenvalue weighted by molar-refractivity contribution is -0.137. The van der Waals surface area contributed by atoms with Gasteiger partial charge in [0.25, 0.3) is 0 Å². The number of rotatable bonds is 9. The van der Waals surface area contributed by atoms with Gasteiger partial charge in [0.2, 0.25) is 5.91 Å². The SMILES string of the molecule is C=CCN(CC(=O)N(Cc1ccc(F)cc1)Cc1coc2ccccc2c1=O)C(=O)Nc1ccccc1C(F)(F)F. The fourth-order valence-corrected chi connectivity index (χ4v) is 4.15. The number of benzene rings is 3. The summed E-state index contributed by atoms with van der Waals surface area (Å²) in [5.41, 5.74) is -0.789. The van der Waals surface area contributed by atoms with E-state index in [2.05, 4.69) is 11.9 Å². The molecule has 7 nitrogen and oxygen atoms in total. The summed E-state index contributed by atoms with van der Waals surface area (Å²) < 4.78 is 59.4. The molecule has 212 valence electrons. The molecule has 0 fully saturated rings. The smallest absolute Gasteiger partial charge is 0.418 e. The Kier molecular flexibility index (Phi) is 8.86. The number of halogens is 4. The van der Waals surface area contributed by atoms with Crippen molar-refractivity contribution < 1.29 is 31.6 Å². The van der Waals surface area contributed by atoms with Gasteiger partial charge in [0, 0.05) is 13.1 Å². The van der Waals surface area contributed by atoms with Crippen LogP contribution in [0.4, 0.5) is 28.0 Å². The van der Waals surface area contributed by atoms with E-state index in [-0.39, 0.29) is 30.6 Å². The standard InChI is InChI=1S/C30H25F4N3O4/c1-2-15-36(29(40)35-25-9-5-4-8-24(25)30(32,33)34)18-27(38)37(16-20-11-13-22(31)14-12-20)17-21-19-41-26-10-6-3-7-23(26)28(21)39/h2-14,19H,1,15-18H2,(H,35,40). The molecule has 0 unspecified atom stereocenters. The van der Waals surface area contributed by atoms with Gasteiger partial charge >= 0.3 is 12.2 Å². The fourth-order valence-electron chi connectivity index (χ4n) is 4.15. The molecule has 1 heterocycles. The van der Waals surface area contributed by atoms with Gasteiger partial charge in [0.05, 0.1) is 35.0 Å². The van der Waals surface area contributed by atoms with Gasteiger partial charge in [0.1, 0.15) is 17.9 Å². The molecule has 41 heavy (non-hydrogen) atoms. The monoisotopic (exact) mass is 567 g/mol. The van der Waals surface area contributed by atoms with Gasteiger partial charge in [-0.3, -0.25) is 9.59 Å². The number of hydrogen-bond donors (Lipinski definition) is 1. The molecule has 0 saturated carbocycles. The van der Waals surface area contributed by atoms with Crippen LogP contribution in [-0.2, 0) is 24.1 Å². The number of amides is 3. The van der Waals surface area contributed by atoms with Gasteiger partial charge in [-0.1, -0.05) is 42.5 Å². The third-order valence-corrected chi connectivity index (χ3v) is 6.19. The van der Waals surface area contributed by atoms with Crippen LogP contribution in [0.25, 0.3) is 11.0 Å². The number of para-hydroxylation sites is 2. The molecule has 0 aliphatic carbocycles. The normalized spacial score (nSPS) is 11.2. The zero-order valence-corrected chi connectivity index (χ0v) is 21.7. The fraction of sp³-hybridized carbons (Fsp3) is 0.167. The van der Waals surface area contributed by atoms with E-state index in [1.807, 2.05) is 0 Å². The van der Waals surface area contributed by atoms with E-state index in [4.69, 9.17) is 4.42 Å². The van der Waals surface area contributed by atoms with Crippen molar-refractivity contribution in [2.24, 2.45) is 0 Å². The second-order valence-corrected chi connectivity index (χ2v) is 9.11. The van der Waals surface area contributed by atoms with Crippen molar-refractivity contribution >= 4 is 28.6 Å². The van der Waals surface area contributed by atoms with Crippen molar-refractivity contribution in [1.29, 1.82) is 0 Å². The molecule has 1 N–H and O–H groups in total. The van der Waals surface area contributed by atoms with E-state index in [1.54, 1.807) is 24.3 Å². The van der Waals surface area contributed by atoms with E-state index < -0.39 is 41.7 Å². The first-order chi connectivity index (χ1) is 19.6. The summed E-state index contributed by atoms with van der Waals surface area (Å²) in [6.45, 7) is 2.61. The number of anilines is 1. The molecule has 3 amide bonds. The second-order valence-electron chi connectivity index (χ2n) is 9.11. The van der Waals surface area contributed by atoms with Crippen molar-refractivity contribution in [2.45, 2.75) is 19.3 Å². The van der Waals surface area contributed by atoms with Crippen LogP contribution in [0.2, 0.25) is 0 Å². The predicted octanol–water partition coefficient (Wildman–Crippen LogP) is 6.20. The predicted molar refractivity (Wildman–Crippen MR) is 145 cm³/mol. The summed E-state index contributed by atoms with van der Waals surface area (Å²) in [5, 5.41) is 2.54. The van der Waals surface area contributed by atoms with Crippen LogP contribution in [-0.4, -0.2) is 34.8 Å². The van der Waals surface area contributed by atoms with Gasteiger partial charge in [-0.05, 0) is 42.0 Å². The third-order valence-electron chi connectivity index (χ3n) is 6.19. The van der Waals surface area contributed by atoms with Gasteiger partial charge in [-0.15, -0.1) is 6.58 Å². The largest absolute Gasteiger partial charge is 0.464 e. The Labute approximate surface area is 232 Å². The number of hydrogen-bond acceptors (Lipinski definition) is 4. The Balaban J connectivity index is 1.60. The number of carbonyl (C=O) groups excluding carboxylic acids is 2. The van der Waals surface area contributed by atoms with Crippen molar-refractivity contribution in [1.82, 2.24) is 9.80 Å². The molecular formula is C30H25F4N3O4. The lowest BCUT2D eigenvalue weighted by Gasteiger charge is -2.27. The molecule has 0 aliphatic heterocycles. The van der Waals surface area contributed by atoms with E-state index in [0.29, 0.717) is 16.5 Å². The van der Waals surface area contributed by atoms with Crippen molar-refractivity contribution in [3.05, 3.63) is 124 Å². The van der Waals surface area contributed by atoms with Crippen molar-refractivity contribution in [3.8, 4) is 0 Å². The number of alkyl halides is 3. The number of urea groups is 1. The highest BCUT2D eigenvalue weighted by Crippen LogP contribution is 2.34. The lowest BCUT2D eigenvalue weighted by Crippen LogP contribution is -2.44. The highest BCUT2D eigenvalue weighted by Gasteiger charge is 2.34.